The first-order valence-electron chi connectivity index (χ1n) is 9.85. The highest BCUT2D eigenvalue weighted by Gasteiger charge is 2.21. The van der Waals surface area contributed by atoms with Crippen molar-refractivity contribution < 1.29 is 14.3 Å². The number of carbonyl (C=O) groups is 1. The van der Waals surface area contributed by atoms with Crippen LogP contribution in [0.25, 0.3) is 11.0 Å². The summed E-state index contributed by atoms with van der Waals surface area (Å²) in [5.41, 5.74) is 3.58. The molecular weight excluding hydrogens is 378 g/mol. The van der Waals surface area contributed by atoms with Gasteiger partial charge in [0.1, 0.15) is 5.82 Å². The van der Waals surface area contributed by atoms with Crippen molar-refractivity contribution in [1.29, 1.82) is 0 Å². The maximum absolute atomic E-state index is 13.0. The number of fused-ring (bicyclic) bond motifs is 2. The molecule has 1 N–H and O–H groups in total. The van der Waals surface area contributed by atoms with E-state index in [1.165, 1.54) is 0 Å². The van der Waals surface area contributed by atoms with Gasteiger partial charge >= 0.3 is 0 Å². The zero-order chi connectivity index (χ0) is 20.5. The number of rotatable bonds is 5. The van der Waals surface area contributed by atoms with Crippen molar-refractivity contribution in [3.05, 3.63) is 89.7 Å². The zero-order valence-electron chi connectivity index (χ0n) is 16.5. The van der Waals surface area contributed by atoms with E-state index in [9.17, 15) is 4.79 Å². The minimum atomic E-state index is -0.223. The molecule has 1 aliphatic rings. The molecule has 1 atom stereocenters. The molecule has 1 amide bonds. The normalized spacial score (nSPS) is 13.4. The summed E-state index contributed by atoms with van der Waals surface area (Å²) in [5.74, 6) is 2.00. The minimum absolute atomic E-state index is 0.166. The highest BCUT2D eigenvalue weighted by atomic mass is 16.7. The van der Waals surface area contributed by atoms with Crippen LogP contribution < -0.4 is 14.8 Å². The van der Waals surface area contributed by atoms with E-state index in [1.54, 1.807) is 18.2 Å². The van der Waals surface area contributed by atoms with E-state index >= 15 is 0 Å². The average molecular weight is 399 g/mol. The minimum Gasteiger partial charge on any atom is -0.454 e. The van der Waals surface area contributed by atoms with E-state index < -0.39 is 0 Å². The van der Waals surface area contributed by atoms with Gasteiger partial charge in [0.15, 0.2) is 11.5 Å². The summed E-state index contributed by atoms with van der Waals surface area (Å²) in [6.45, 7) is 0.180. The van der Waals surface area contributed by atoms with Crippen LogP contribution in [0.15, 0.2) is 72.8 Å². The Bertz CT molecular complexity index is 1220. The Morgan fingerprint density at radius 1 is 1.03 bits per heavy atom. The van der Waals surface area contributed by atoms with Crippen LogP contribution in [0.4, 0.5) is 0 Å². The summed E-state index contributed by atoms with van der Waals surface area (Å²) in [7, 11) is 2.01. The molecule has 150 valence electrons. The Morgan fingerprint density at radius 2 is 1.80 bits per heavy atom. The summed E-state index contributed by atoms with van der Waals surface area (Å²) in [4.78, 5) is 17.8. The number of ether oxygens (including phenoxy) is 2. The standard InChI is InChI=1S/C24H21N3O3/c1-27-20-10-6-5-9-18(20)25-23(27)14-19(16-7-3-2-4-8-16)26-24(28)17-11-12-21-22(13-17)30-15-29-21/h2-13,19H,14-15H2,1H3,(H,26,28)/t19-/m1/s1. The number of hydrogen-bond acceptors (Lipinski definition) is 4. The number of nitrogens with zero attached hydrogens (tertiary/aromatic N) is 2. The van der Waals surface area contributed by atoms with Gasteiger partial charge in [-0.25, -0.2) is 4.98 Å². The van der Waals surface area contributed by atoms with Crippen molar-refractivity contribution in [3.8, 4) is 11.5 Å². The molecule has 0 radical (unpaired) electrons. The molecule has 30 heavy (non-hydrogen) atoms. The molecule has 0 fully saturated rings. The maximum atomic E-state index is 13.0. The molecule has 6 nitrogen and oxygen atoms in total. The van der Waals surface area contributed by atoms with Gasteiger partial charge in [0.25, 0.3) is 5.91 Å². The summed E-state index contributed by atoms with van der Waals surface area (Å²) in [5, 5.41) is 3.17. The van der Waals surface area contributed by atoms with Crippen LogP contribution in [-0.2, 0) is 13.5 Å². The zero-order valence-corrected chi connectivity index (χ0v) is 16.5. The van der Waals surface area contributed by atoms with E-state index in [1.807, 2.05) is 55.6 Å². The Balaban J connectivity index is 1.45. The third-order valence-electron chi connectivity index (χ3n) is 5.41. The van der Waals surface area contributed by atoms with Crippen molar-refractivity contribution in [2.45, 2.75) is 12.5 Å². The van der Waals surface area contributed by atoms with Crippen LogP contribution in [0.2, 0.25) is 0 Å². The van der Waals surface area contributed by atoms with Gasteiger partial charge in [-0.1, -0.05) is 42.5 Å². The number of amides is 1. The van der Waals surface area contributed by atoms with Gasteiger partial charge in [-0.05, 0) is 35.9 Å². The molecule has 2 heterocycles. The second-order valence-electron chi connectivity index (χ2n) is 7.28. The molecule has 4 aromatic rings. The molecule has 5 rings (SSSR count). The number of para-hydroxylation sites is 2. The maximum Gasteiger partial charge on any atom is 0.251 e. The highest BCUT2D eigenvalue weighted by molar-refractivity contribution is 5.95. The van der Waals surface area contributed by atoms with Gasteiger partial charge in [-0.15, -0.1) is 0 Å². The first-order valence-corrected chi connectivity index (χ1v) is 9.85. The third-order valence-corrected chi connectivity index (χ3v) is 5.41. The number of imidazole rings is 1. The van der Waals surface area contributed by atoms with E-state index in [4.69, 9.17) is 14.5 Å². The molecule has 0 bridgehead atoms. The molecule has 0 saturated carbocycles. The number of nitrogens with one attached hydrogen (secondary N) is 1. The summed E-state index contributed by atoms with van der Waals surface area (Å²) >= 11 is 0. The fourth-order valence-electron chi connectivity index (χ4n) is 3.78. The van der Waals surface area contributed by atoms with Crippen LogP contribution in [-0.4, -0.2) is 22.3 Å². The Morgan fingerprint density at radius 3 is 2.63 bits per heavy atom. The molecule has 0 saturated heterocycles. The van der Waals surface area contributed by atoms with Crippen LogP contribution in [0.1, 0.15) is 27.8 Å². The largest absolute Gasteiger partial charge is 0.454 e. The predicted octanol–water partition coefficient (Wildman–Crippen LogP) is 4.02. The van der Waals surface area contributed by atoms with Crippen molar-refractivity contribution >= 4 is 16.9 Å². The number of hydrogen-bond donors (Lipinski definition) is 1. The third kappa shape index (κ3) is 3.37. The van der Waals surface area contributed by atoms with Gasteiger partial charge < -0.3 is 19.4 Å². The SMILES string of the molecule is Cn1c(C[C@@H](NC(=O)c2ccc3c(c2)OCO3)c2ccccc2)nc2ccccc21. The monoisotopic (exact) mass is 399 g/mol. The summed E-state index contributed by atoms with van der Waals surface area (Å²) < 4.78 is 12.8. The van der Waals surface area contributed by atoms with Crippen LogP contribution >= 0.6 is 0 Å². The first kappa shape index (κ1) is 18.2. The second kappa shape index (κ2) is 7.55. The quantitative estimate of drug-likeness (QED) is 0.551. The van der Waals surface area contributed by atoms with Crippen molar-refractivity contribution in [1.82, 2.24) is 14.9 Å². The fraction of sp³-hybridized carbons (Fsp3) is 0.167. The second-order valence-corrected chi connectivity index (χ2v) is 7.28. The van der Waals surface area contributed by atoms with Crippen molar-refractivity contribution in [2.24, 2.45) is 7.05 Å². The smallest absolute Gasteiger partial charge is 0.251 e. The van der Waals surface area contributed by atoms with E-state index in [0.717, 1.165) is 22.4 Å². The molecule has 3 aromatic carbocycles. The molecule has 0 unspecified atom stereocenters. The van der Waals surface area contributed by atoms with Gasteiger partial charge in [-0.3, -0.25) is 4.79 Å². The lowest BCUT2D eigenvalue weighted by molar-refractivity contribution is 0.0935. The lowest BCUT2D eigenvalue weighted by Crippen LogP contribution is -2.30. The Kier molecular flexibility index (Phi) is 4.59. The molecular formula is C24H21N3O3. The topological polar surface area (TPSA) is 65.4 Å². The molecule has 0 spiro atoms. The summed E-state index contributed by atoms with van der Waals surface area (Å²) in [6, 6.07) is 23.0. The lowest BCUT2D eigenvalue weighted by atomic mass is 10.0. The van der Waals surface area contributed by atoms with E-state index in [-0.39, 0.29) is 18.7 Å². The number of aryl methyl sites for hydroxylation is 1. The van der Waals surface area contributed by atoms with Gasteiger partial charge in [0.2, 0.25) is 6.79 Å². The van der Waals surface area contributed by atoms with Crippen molar-refractivity contribution in [2.75, 3.05) is 6.79 Å². The lowest BCUT2D eigenvalue weighted by Gasteiger charge is -2.19. The number of benzene rings is 3. The number of carbonyl (C=O) groups excluding carboxylic acids is 1. The van der Waals surface area contributed by atoms with Gasteiger partial charge in [-0.2, -0.15) is 0 Å². The van der Waals surface area contributed by atoms with Crippen molar-refractivity contribution in [3.63, 3.8) is 0 Å². The van der Waals surface area contributed by atoms with Crippen LogP contribution in [0.3, 0.4) is 0 Å². The number of aromatic nitrogens is 2. The molecule has 1 aliphatic heterocycles. The van der Waals surface area contributed by atoms with Crippen LogP contribution in [0.5, 0.6) is 11.5 Å². The predicted molar refractivity (Wildman–Crippen MR) is 114 cm³/mol. The fourth-order valence-corrected chi connectivity index (χ4v) is 3.78. The molecule has 1 aromatic heterocycles. The Hall–Kier alpha value is -3.80. The average Bonchev–Trinajstić information content (AvgIpc) is 3.38. The Labute approximate surface area is 174 Å². The van der Waals surface area contributed by atoms with Gasteiger partial charge in [0.05, 0.1) is 17.1 Å². The molecule has 6 heteroatoms. The molecule has 0 aliphatic carbocycles. The van der Waals surface area contributed by atoms with E-state index in [2.05, 4.69) is 16.0 Å². The van der Waals surface area contributed by atoms with Gasteiger partial charge in [0, 0.05) is 19.0 Å². The summed E-state index contributed by atoms with van der Waals surface area (Å²) in [6.07, 6.45) is 0.575. The van der Waals surface area contributed by atoms with Crippen LogP contribution in [0, 0.1) is 0 Å². The van der Waals surface area contributed by atoms with E-state index in [0.29, 0.717) is 23.5 Å². The first-order chi connectivity index (χ1) is 14.7. The highest BCUT2D eigenvalue weighted by Crippen LogP contribution is 2.32.